The monoisotopic (exact) mass is 265 g/mol. The van der Waals surface area contributed by atoms with E-state index in [-0.39, 0.29) is 5.54 Å². The minimum atomic E-state index is 0.178. The van der Waals surface area contributed by atoms with Gasteiger partial charge in [0.25, 0.3) is 0 Å². The minimum Gasteiger partial charge on any atom is -0.329 e. The predicted molar refractivity (Wildman–Crippen MR) is 76.7 cm³/mol. The number of nitrogens with zero attached hydrogens (tertiary/aromatic N) is 4. The Kier molecular flexibility index (Phi) is 4.93. The Bertz CT molecular complexity index is 381. The third-order valence-corrected chi connectivity index (χ3v) is 4.54. The van der Waals surface area contributed by atoms with Crippen LogP contribution >= 0.6 is 0 Å². The van der Waals surface area contributed by atoms with E-state index < -0.39 is 0 Å². The number of likely N-dealkylation sites (N-methyl/N-ethyl adjacent to an activating group) is 1. The van der Waals surface area contributed by atoms with Gasteiger partial charge in [0.15, 0.2) is 0 Å². The molecule has 5 heteroatoms. The summed E-state index contributed by atoms with van der Waals surface area (Å²) in [5, 5.41) is 4.26. The lowest BCUT2D eigenvalue weighted by atomic mass is 9.80. The van der Waals surface area contributed by atoms with Crippen molar-refractivity contribution in [3.05, 3.63) is 12.2 Å². The quantitative estimate of drug-likeness (QED) is 0.852. The second-order valence-electron chi connectivity index (χ2n) is 5.50. The van der Waals surface area contributed by atoms with E-state index in [1.54, 1.807) is 6.33 Å². The minimum absolute atomic E-state index is 0.178. The molecule has 5 nitrogen and oxygen atoms in total. The maximum absolute atomic E-state index is 6.13. The average Bonchev–Trinajstić information content (AvgIpc) is 2.92. The molecule has 0 aliphatic heterocycles. The van der Waals surface area contributed by atoms with Gasteiger partial charge in [-0.2, -0.15) is 5.10 Å². The van der Waals surface area contributed by atoms with Gasteiger partial charge in [0.1, 0.15) is 12.2 Å². The largest absolute Gasteiger partial charge is 0.329 e. The molecule has 2 rings (SSSR count). The SMILES string of the molecule is CCN(Cc1ncnn1CC)C1(CN)CCCCC1. The third kappa shape index (κ3) is 2.98. The van der Waals surface area contributed by atoms with Gasteiger partial charge in [-0.05, 0) is 26.3 Å². The van der Waals surface area contributed by atoms with Crippen LogP contribution in [0.3, 0.4) is 0 Å². The summed E-state index contributed by atoms with van der Waals surface area (Å²) in [5.74, 6) is 1.06. The molecule has 0 atom stereocenters. The van der Waals surface area contributed by atoms with Crippen LogP contribution in [0.15, 0.2) is 6.33 Å². The number of aryl methyl sites for hydroxylation is 1. The molecule has 1 fully saturated rings. The predicted octanol–water partition coefficient (Wildman–Crippen LogP) is 1.78. The summed E-state index contributed by atoms with van der Waals surface area (Å²) in [5.41, 5.74) is 6.31. The van der Waals surface area contributed by atoms with Crippen LogP contribution in [0.4, 0.5) is 0 Å². The second-order valence-corrected chi connectivity index (χ2v) is 5.50. The Hall–Kier alpha value is -0.940. The highest BCUT2D eigenvalue weighted by molar-refractivity contribution is 4.96. The van der Waals surface area contributed by atoms with Gasteiger partial charge in [-0.1, -0.05) is 26.2 Å². The Morgan fingerprint density at radius 3 is 2.63 bits per heavy atom. The molecule has 0 aromatic carbocycles. The molecule has 0 spiro atoms. The van der Waals surface area contributed by atoms with Crippen LogP contribution in [0.25, 0.3) is 0 Å². The zero-order valence-corrected chi connectivity index (χ0v) is 12.3. The number of hydrogen-bond acceptors (Lipinski definition) is 4. The Morgan fingerprint density at radius 2 is 2.05 bits per heavy atom. The van der Waals surface area contributed by atoms with Crippen molar-refractivity contribution >= 4 is 0 Å². The summed E-state index contributed by atoms with van der Waals surface area (Å²) in [6.07, 6.45) is 8.05. The summed E-state index contributed by atoms with van der Waals surface area (Å²) >= 11 is 0. The molecule has 1 aromatic rings. The first kappa shape index (κ1) is 14.5. The molecule has 1 aliphatic carbocycles. The molecule has 1 heterocycles. The molecule has 2 N–H and O–H groups in total. The lowest BCUT2D eigenvalue weighted by molar-refractivity contribution is 0.0512. The van der Waals surface area contributed by atoms with Crippen LogP contribution in [-0.4, -0.2) is 38.3 Å². The van der Waals surface area contributed by atoms with Crippen LogP contribution in [0.1, 0.15) is 51.8 Å². The Labute approximate surface area is 116 Å². The summed E-state index contributed by atoms with van der Waals surface area (Å²) in [6.45, 7) is 7.84. The Balaban J connectivity index is 2.14. The fourth-order valence-corrected chi connectivity index (χ4v) is 3.32. The van der Waals surface area contributed by atoms with Crippen molar-refractivity contribution in [3.63, 3.8) is 0 Å². The van der Waals surface area contributed by atoms with Crippen molar-refractivity contribution in [2.45, 2.75) is 64.6 Å². The smallest absolute Gasteiger partial charge is 0.141 e. The van der Waals surface area contributed by atoms with Gasteiger partial charge >= 0.3 is 0 Å². The number of rotatable bonds is 6. The van der Waals surface area contributed by atoms with Crippen molar-refractivity contribution in [3.8, 4) is 0 Å². The van der Waals surface area contributed by atoms with Gasteiger partial charge in [-0.25, -0.2) is 9.67 Å². The Morgan fingerprint density at radius 1 is 1.32 bits per heavy atom. The van der Waals surface area contributed by atoms with Gasteiger partial charge in [0.2, 0.25) is 0 Å². The fraction of sp³-hybridized carbons (Fsp3) is 0.857. The summed E-state index contributed by atoms with van der Waals surface area (Å²) in [6, 6.07) is 0. The first-order chi connectivity index (χ1) is 9.25. The number of aromatic nitrogens is 3. The highest BCUT2D eigenvalue weighted by Crippen LogP contribution is 2.33. The molecule has 0 bridgehead atoms. The maximum atomic E-state index is 6.13. The zero-order chi connectivity index (χ0) is 13.7. The van der Waals surface area contributed by atoms with E-state index in [0.29, 0.717) is 0 Å². The van der Waals surface area contributed by atoms with Crippen LogP contribution in [0.5, 0.6) is 0 Å². The van der Waals surface area contributed by atoms with Crippen LogP contribution in [0.2, 0.25) is 0 Å². The second kappa shape index (κ2) is 6.48. The summed E-state index contributed by atoms with van der Waals surface area (Å²) in [4.78, 5) is 6.92. The molecule has 0 unspecified atom stereocenters. The zero-order valence-electron chi connectivity index (χ0n) is 12.3. The van der Waals surface area contributed by atoms with E-state index >= 15 is 0 Å². The lowest BCUT2D eigenvalue weighted by Crippen LogP contribution is -2.54. The standard InChI is InChI=1S/C14H27N5/c1-3-18(10-13-16-12-17-19(13)4-2)14(11-15)8-6-5-7-9-14/h12H,3-11,15H2,1-2H3. The molecule has 19 heavy (non-hydrogen) atoms. The fourth-order valence-electron chi connectivity index (χ4n) is 3.32. The van der Waals surface area contributed by atoms with Gasteiger partial charge in [0.05, 0.1) is 6.54 Å². The molecule has 1 aromatic heterocycles. The topological polar surface area (TPSA) is 60.0 Å². The van der Waals surface area contributed by atoms with E-state index in [9.17, 15) is 0 Å². The van der Waals surface area contributed by atoms with Crippen molar-refractivity contribution in [1.29, 1.82) is 0 Å². The van der Waals surface area contributed by atoms with Crippen molar-refractivity contribution in [1.82, 2.24) is 19.7 Å². The van der Waals surface area contributed by atoms with E-state index in [1.165, 1.54) is 32.1 Å². The molecular formula is C14H27N5. The van der Waals surface area contributed by atoms with E-state index in [2.05, 4.69) is 28.8 Å². The molecule has 0 radical (unpaired) electrons. The molecule has 1 aliphatic rings. The highest BCUT2D eigenvalue weighted by atomic mass is 15.4. The molecule has 0 amide bonds. The van der Waals surface area contributed by atoms with Crippen LogP contribution in [0, 0.1) is 0 Å². The van der Waals surface area contributed by atoms with Gasteiger partial charge in [-0.3, -0.25) is 4.90 Å². The average molecular weight is 265 g/mol. The van der Waals surface area contributed by atoms with Gasteiger partial charge in [0, 0.05) is 18.6 Å². The molecule has 108 valence electrons. The van der Waals surface area contributed by atoms with Gasteiger partial charge in [-0.15, -0.1) is 0 Å². The molecule has 1 saturated carbocycles. The van der Waals surface area contributed by atoms with Crippen molar-refractivity contribution < 1.29 is 0 Å². The highest BCUT2D eigenvalue weighted by Gasteiger charge is 2.36. The normalized spacial score (nSPS) is 18.9. The van der Waals surface area contributed by atoms with Crippen LogP contribution < -0.4 is 5.73 Å². The number of nitrogens with two attached hydrogens (primary N) is 1. The van der Waals surface area contributed by atoms with Crippen molar-refractivity contribution in [2.75, 3.05) is 13.1 Å². The molecule has 0 saturated heterocycles. The van der Waals surface area contributed by atoms with E-state index in [1.807, 2.05) is 4.68 Å². The summed E-state index contributed by atoms with van der Waals surface area (Å²) in [7, 11) is 0. The van der Waals surface area contributed by atoms with Gasteiger partial charge < -0.3 is 5.73 Å². The molecular weight excluding hydrogens is 238 g/mol. The first-order valence-electron chi connectivity index (χ1n) is 7.57. The maximum Gasteiger partial charge on any atom is 0.141 e. The van der Waals surface area contributed by atoms with Crippen molar-refractivity contribution in [2.24, 2.45) is 5.73 Å². The third-order valence-electron chi connectivity index (χ3n) is 4.54. The number of hydrogen-bond donors (Lipinski definition) is 1. The lowest BCUT2D eigenvalue weighted by Gasteiger charge is -2.45. The summed E-state index contributed by atoms with van der Waals surface area (Å²) < 4.78 is 1.98. The van der Waals surface area contributed by atoms with Crippen LogP contribution in [-0.2, 0) is 13.1 Å². The van der Waals surface area contributed by atoms with E-state index in [0.717, 1.165) is 32.0 Å². The van der Waals surface area contributed by atoms with E-state index in [4.69, 9.17) is 5.73 Å². The first-order valence-corrected chi connectivity index (χ1v) is 7.57.